The van der Waals surface area contributed by atoms with Gasteiger partial charge in [-0.15, -0.1) is 0 Å². The Morgan fingerprint density at radius 3 is 2.50 bits per heavy atom. The molecule has 0 bridgehead atoms. The lowest BCUT2D eigenvalue weighted by molar-refractivity contribution is -0.254. The second-order valence-corrected chi connectivity index (χ2v) is 3.05. The standard InChI is InChI=1S/C8H16O4/c1-5-4-6(10-2)7(11-3)8(9)12-5/h5-9H,4H2,1-3H3/t5-,6+,7-,8?/m1/s1. The molecule has 1 rings (SSSR count). The highest BCUT2D eigenvalue weighted by atomic mass is 16.6. The number of ether oxygens (including phenoxy) is 3. The van der Waals surface area contributed by atoms with Crippen molar-refractivity contribution in [3.63, 3.8) is 0 Å². The molecule has 12 heavy (non-hydrogen) atoms. The van der Waals surface area contributed by atoms with E-state index < -0.39 is 6.29 Å². The summed E-state index contributed by atoms with van der Waals surface area (Å²) in [5.41, 5.74) is 0. The SMILES string of the molecule is CO[C@H]1C[C@@H](C)OC(O)[C@@H]1OC. The Balaban J connectivity index is 2.56. The van der Waals surface area contributed by atoms with Gasteiger partial charge in [0.25, 0.3) is 0 Å². The zero-order valence-corrected chi connectivity index (χ0v) is 7.69. The predicted octanol–water partition coefficient (Wildman–Crippen LogP) is 0.144. The molecule has 0 aliphatic carbocycles. The monoisotopic (exact) mass is 176 g/mol. The van der Waals surface area contributed by atoms with Crippen molar-refractivity contribution in [2.75, 3.05) is 14.2 Å². The lowest BCUT2D eigenvalue weighted by Crippen LogP contribution is -2.49. The van der Waals surface area contributed by atoms with E-state index in [0.717, 1.165) is 6.42 Å². The first kappa shape index (κ1) is 9.92. The average Bonchev–Trinajstić information content (AvgIpc) is 2.03. The minimum absolute atomic E-state index is 0.0244. The molecule has 0 aromatic heterocycles. The van der Waals surface area contributed by atoms with E-state index in [9.17, 15) is 5.11 Å². The van der Waals surface area contributed by atoms with E-state index in [1.54, 1.807) is 14.2 Å². The molecule has 0 saturated carbocycles. The number of aliphatic hydroxyl groups excluding tert-OH is 1. The summed E-state index contributed by atoms with van der Waals surface area (Å²) < 4.78 is 15.4. The van der Waals surface area contributed by atoms with E-state index >= 15 is 0 Å². The van der Waals surface area contributed by atoms with Crippen LogP contribution in [0.2, 0.25) is 0 Å². The van der Waals surface area contributed by atoms with E-state index in [2.05, 4.69) is 0 Å². The topological polar surface area (TPSA) is 47.9 Å². The third kappa shape index (κ3) is 1.95. The third-order valence-corrected chi connectivity index (χ3v) is 2.16. The van der Waals surface area contributed by atoms with Gasteiger partial charge in [0, 0.05) is 20.6 Å². The van der Waals surface area contributed by atoms with Crippen LogP contribution in [0.15, 0.2) is 0 Å². The van der Waals surface area contributed by atoms with Crippen molar-refractivity contribution < 1.29 is 19.3 Å². The van der Waals surface area contributed by atoms with Gasteiger partial charge in [0.05, 0.1) is 12.2 Å². The first-order chi connectivity index (χ1) is 5.69. The van der Waals surface area contributed by atoms with Crippen molar-refractivity contribution in [2.24, 2.45) is 0 Å². The van der Waals surface area contributed by atoms with E-state index in [4.69, 9.17) is 14.2 Å². The fraction of sp³-hybridized carbons (Fsp3) is 1.00. The van der Waals surface area contributed by atoms with E-state index in [1.807, 2.05) is 6.92 Å². The van der Waals surface area contributed by atoms with Crippen LogP contribution in [0.4, 0.5) is 0 Å². The lowest BCUT2D eigenvalue weighted by atomic mass is 10.0. The first-order valence-electron chi connectivity index (χ1n) is 4.08. The molecule has 0 radical (unpaired) electrons. The summed E-state index contributed by atoms with van der Waals surface area (Å²) in [6.07, 6.45) is -0.536. The Morgan fingerprint density at radius 1 is 1.33 bits per heavy atom. The van der Waals surface area contributed by atoms with Gasteiger partial charge in [-0.2, -0.15) is 0 Å². The Kier molecular flexibility index (Phi) is 3.46. The van der Waals surface area contributed by atoms with Crippen LogP contribution in [-0.4, -0.2) is 43.9 Å². The molecule has 1 N–H and O–H groups in total. The van der Waals surface area contributed by atoms with Gasteiger partial charge in [-0.05, 0) is 6.92 Å². The van der Waals surface area contributed by atoms with Gasteiger partial charge < -0.3 is 19.3 Å². The molecular weight excluding hydrogens is 160 g/mol. The second-order valence-electron chi connectivity index (χ2n) is 3.05. The fourth-order valence-electron chi connectivity index (χ4n) is 1.51. The van der Waals surface area contributed by atoms with Crippen molar-refractivity contribution in [1.82, 2.24) is 0 Å². The smallest absolute Gasteiger partial charge is 0.183 e. The summed E-state index contributed by atoms with van der Waals surface area (Å²) >= 11 is 0. The van der Waals surface area contributed by atoms with E-state index in [1.165, 1.54) is 0 Å². The lowest BCUT2D eigenvalue weighted by Gasteiger charge is -2.36. The van der Waals surface area contributed by atoms with Gasteiger partial charge in [0.1, 0.15) is 6.10 Å². The van der Waals surface area contributed by atoms with E-state index in [-0.39, 0.29) is 18.3 Å². The summed E-state index contributed by atoms with van der Waals surface area (Å²) in [5, 5.41) is 9.41. The van der Waals surface area contributed by atoms with Crippen molar-refractivity contribution in [2.45, 2.75) is 37.9 Å². The van der Waals surface area contributed by atoms with E-state index in [0.29, 0.717) is 0 Å². The van der Waals surface area contributed by atoms with Crippen LogP contribution in [-0.2, 0) is 14.2 Å². The summed E-state index contributed by atoms with van der Waals surface area (Å²) in [5.74, 6) is 0. The summed E-state index contributed by atoms with van der Waals surface area (Å²) in [6, 6.07) is 0. The van der Waals surface area contributed by atoms with Crippen molar-refractivity contribution >= 4 is 0 Å². The molecule has 1 heterocycles. The average molecular weight is 176 g/mol. The largest absolute Gasteiger partial charge is 0.378 e. The van der Waals surface area contributed by atoms with Crippen LogP contribution >= 0.6 is 0 Å². The summed E-state index contributed by atoms with van der Waals surface area (Å²) in [7, 11) is 3.15. The molecule has 1 fully saturated rings. The highest BCUT2D eigenvalue weighted by Gasteiger charge is 2.36. The Hall–Kier alpha value is -0.160. The van der Waals surface area contributed by atoms with Gasteiger partial charge in [-0.25, -0.2) is 0 Å². The highest BCUT2D eigenvalue weighted by molar-refractivity contribution is 4.80. The molecular formula is C8H16O4. The van der Waals surface area contributed by atoms with Crippen molar-refractivity contribution in [3.05, 3.63) is 0 Å². The molecule has 0 amide bonds. The fourth-order valence-corrected chi connectivity index (χ4v) is 1.51. The number of hydrogen-bond acceptors (Lipinski definition) is 4. The van der Waals surface area contributed by atoms with Crippen LogP contribution < -0.4 is 0 Å². The van der Waals surface area contributed by atoms with Crippen LogP contribution in [0.1, 0.15) is 13.3 Å². The van der Waals surface area contributed by atoms with Crippen LogP contribution in [0.3, 0.4) is 0 Å². The minimum atomic E-state index is -0.872. The first-order valence-corrected chi connectivity index (χ1v) is 4.08. The Bertz CT molecular complexity index is 139. The maximum atomic E-state index is 9.41. The molecule has 0 spiro atoms. The molecule has 4 atom stereocenters. The number of rotatable bonds is 2. The zero-order valence-electron chi connectivity index (χ0n) is 7.69. The number of methoxy groups -OCH3 is 2. The molecule has 1 unspecified atom stereocenters. The van der Waals surface area contributed by atoms with Crippen LogP contribution in [0.25, 0.3) is 0 Å². The molecule has 72 valence electrons. The minimum Gasteiger partial charge on any atom is -0.378 e. The summed E-state index contributed by atoms with van der Waals surface area (Å²) in [6.45, 7) is 1.90. The van der Waals surface area contributed by atoms with Gasteiger partial charge in [-0.1, -0.05) is 0 Å². The quantitative estimate of drug-likeness (QED) is 0.650. The number of aliphatic hydroxyl groups is 1. The second kappa shape index (κ2) is 4.18. The van der Waals surface area contributed by atoms with Gasteiger partial charge in [0.15, 0.2) is 6.29 Å². The maximum absolute atomic E-state index is 9.41. The molecule has 0 aromatic carbocycles. The highest BCUT2D eigenvalue weighted by Crippen LogP contribution is 2.22. The molecule has 1 aliphatic heterocycles. The normalized spacial score (nSPS) is 43.0. The maximum Gasteiger partial charge on any atom is 0.183 e. The van der Waals surface area contributed by atoms with Gasteiger partial charge in [0.2, 0.25) is 0 Å². The number of hydrogen-bond donors (Lipinski definition) is 1. The predicted molar refractivity (Wildman–Crippen MR) is 42.8 cm³/mol. The van der Waals surface area contributed by atoms with Gasteiger partial charge in [-0.3, -0.25) is 0 Å². The Morgan fingerprint density at radius 2 is 2.00 bits per heavy atom. The van der Waals surface area contributed by atoms with Crippen LogP contribution in [0, 0.1) is 0 Å². The molecule has 1 aliphatic rings. The third-order valence-electron chi connectivity index (χ3n) is 2.16. The molecule has 0 aromatic rings. The van der Waals surface area contributed by atoms with Crippen molar-refractivity contribution in [3.8, 4) is 0 Å². The molecule has 4 heteroatoms. The molecule has 1 saturated heterocycles. The molecule has 4 nitrogen and oxygen atoms in total. The van der Waals surface area contributed by atoms with Crippen LogP contribution in [0.5, 0.6) is 0 Å². The Labute approximate surface area is 72.4 Å². The summed E-state index contributed by atoms with van der Waals surface area (Å²) in [4.78, 5) is 0. The van der Waals surface area contributed by atoms with Crippen molar-refractivity contribution in [1.29, 1.82) is 0 Å². The van der Waals surface area contributed by atoms with Gasteiger partial charge >= 0.3 is 0 Å². The zero-order chi connectivity index (χ0) is 9.14.